The molecule has 0 aliphatic heterocycles. The van der Waals surface area contributed by atoms with Gasteiger partial charge in [0.15, 0.2) is 0 Å². The summed E-state index contributed by atoms with van der Waals surface area (Å²) in [5.74, 6) is 0.535. The number of hydrogen-bond acceptors (Lipinski definition) is 1. The molecule has 2 heteroatoms. The second kappa shape index (κ2) is 3.72. The van der Waals surface area contributed by atoms with Crippen LogP contribution in [-0.2, 0) is 17.9 Å². The molecule has 0 N–H and O–H groups in total. The van der Waals surface area contributed by atoms with Gasteiger partial charge in [-0.2, -0.15) is 0 Å². The van der Waals surface area contributed by atoms with Crippen LogP contribution in [0.2, 0.25) is 0 Å². The topological polar surface area (TPSA) is 17.8 Å². The van der Waals surface area contributed by atoms with Gasteiger partial charge in [0.05, 0.1) is 6.33 Å². The van der Waals surface area contributed by atoms with Crippen molar-refractivity contribution in [3.8, 4) is 0 Å². The Kier molecular flexibility index (Phi) is 2.44. The number of aryl methyl sites for hydroxylation is 1. The standard InChI is InChI=1S/C17H22N2/c1-12-16(2,3)13-8-6-7-9-14(13)17(12,4)15-10-18-11-19(15)5/h6-12H,1-5H3. The van der Waals surface area contributed by atoms with Crippen LogP contribution in [0.5, 0.6) is 0 Å². The number of aromatic nitrogens is 2. The van der Waals surface area contributed by atoms with Gasteiger partial charge in [-0.05, 0) is 29.4 Å². The highest BCUT2D eigenvalue weighted by atomic mass is 15.0. The molecule has 0 saturated carbocycles. The molecule has 1 aliphatic rings. The molecule has 2 atom stereocenters. The second-order valence-corrected chi connectivity index (χ2v) is 6.58. The lowest BCUT2D eigenvalue weighted by atomic mass is 9.68. The average molecular weight is 254 g/mol. The van der Waals surface area contributed by atoms with Crippen LogP contribution in [0.25, 0.3) is 0 Å². The summed E-state index contributed by atoms with van der Waals surface area (Å²) in [4.78, 5) is 4.33. The minimum Gasteiger partial charge on any atom is -0.337 e. The van der Waals surface area contributed by atoms with E-state index in [1.54, 1.807) is 0 Å². The van der Waals surface area contributed by atoms with Crippen LogP contribution in [0, 0.1) is 5.92 Å². The molecular weight excluding hydrogens is 232 g/mol. The molecule has 2 nitrogen and oxygen atoms in total. The molecule has 100 valence electrons. The second-order valence-electron chi connectivity index (χ2n) is 6.58. The van der Waals surface area contributed by atoms with Crippen molar-refractivity contribution in [3.05, 3.63) is 53.6 Å². The van der Waals surface area contributed by atoms with Crippen molar-refractivity contribution in [1.82, 2.24) is 9.55 Å². The van der Waals surface area contributed by atoms with Gasteiger partial charge in [0.25, 0.3) is 0 Å². The molecule has 3 rings (SSSR count). The summed E-state index contributed by atoms with van der Waals surface area (Å²) >= 11 is 0. The lowest BCUT2D eigenvalue weighted by Crippen LogP contribution is -2.35. The van der Waals surface area contributed by atoms with Gasteiger partial charge >= 0.3 is 0 Å². The zero-order chi connectivity index (χ0) is 13.8. The first-order valence-corrected chi connectivity index (χ1v) is 6.97. The van der Waals surface area contributed by atoms with E-state index in [0.29, 0.717) is 5.92 Å². The first-order chi connectivity index (χ1) is 8.90. The number of fused-ring (bicyclic) bond motifs is 1. The fraction of sp³-hybridized carbons (Fsp3) is 0.471. The first-order valence-electron chi connectivity index (χ1n) is 6.97. The smallest absolute Gasteiger partial charge is 0.0945 e. The van der Waals surface area contributed by atoms with E-state index >= 15 is 0 Å². The summed E-state index contributed by atoms with van der Waals surface area (Å²) in [6.45, 7) is 9.45. The van der Waals surface area contributed by atoms with Gasteiger partial charge in [-0.15, -0.1) is 0 Å². The third-order valence-corrected chi connectivity index (χ3v) is 5.48. The normalized spacial score (nSPS) is 28.4. The lowest BCUT2D eigenvalue weighted by molar-refractivity contribution is 0.274. The largest absolute Gasteiger partial charge is 0.337 e. The number of rotatable bonds is 1. The Labute approximate surface area is 115 Å². The quantitative estimate of drug-likeness (QED) is 0.759. The maximum Gasteiger partial charge on any atom is 0.0945 e. The van der Waals surface area contributed by atoms with Crippen molar-refractivity contribution in [3.63, 3.8) is 0 Å². The van der Waals surface area contributed by atoms with Gasteiger partial charge in [-0.1, -0.05) is 45.0 Å². The summed E-state index contributed by atoms with van der Waals surface area (Å²) in [6.07, 6.45) is 3.93. The maximum absolute atomic E-state index is 4.33. The highest BCUT2D eigenvalue weighted by Crippen LogP contribution is 2.56. The molecule has 0 fully saturated rings. The fourth-order valence-corrected chi connectivity index (χ4v) is 3.90. The third kappa shape index (κ3) is 1.40. The Morgan fingerprint density at radius 1 is 1.11 bits per heavy atom. The number of benzene rings is 1. The molecule has 2 aromatic rings. The van der Waals surface area contributed by atoms with Crippen LogP contribution in [-0.4, -0.2) is 9.55 Å². The Bertz CT molecular complexity index is 624. The monoisotopic (exact) mass is 254 g/mol. The van der Waals surface area contributed by atoms with E-state index < -0.39 is 0 Å². The first kappa shape index (κ1) is 12.5. The van der Waals surface area contributed by atoms with E-state index in [1.165, 1.54) is 16.8 Å². The Hall–Kier alpha value is -1.57. The van der Waals surface area contributed by atoms with Gasteiger partial charge in [0, 0.05) is 24.4 Å². The van der Waals surface area contributed by atoms with E-state index in [9.17, 15) is 0 Å². The molecule has 1 heterocycles. The van der Waals surface area contributed by atoms with Crippen molar-refractivity contribution >= 4 is 0 Å². The summed E-state index contributed by atoms with van der Waals surface area (Å²) in [5, 5.41) is 0. The molecule has 0 bridgehead atoms. The van der Waals surface area contributed by atoms with E-state index in [-0.39, 0.29) is 10.8 Å². The van der Waals surface area contributed by atoms with E-state index in [2.05, 4.69) is 68.6 Å². The number of nitrogens with zero attached hydrogens (tertiary/aromatic N) is 2. The van der Waals surface area contributed by atoms with Crippen molar-refractivity contribution < 1.29 is 0 Å². The Balaban J connectivity index is 2.32. The minimum absolute atomic E-state index is 0.0331. The van der Waals surface area contributed by atoms with Crippen molar-refractivity contribution in [2.24, 2.45) is 13.0 Å². The van der Waals surface area contributed by atoms with Gasteiger partial charge < -0.3 is 4.57 Å². The predicted octanol–water partition coefficient (Wildman–Crippen LogP) is 3.65. The van der Waals surface area contributed by atoms with Crippen LogP contribution in [0.1, 0.15) is 44.5 Å². The van der Waals surface area contributed by atoms with Crippen LogP contribution in [0.3, 0.4) is 0 Å². The van der Waals surface area contributed by atoms with Crippen LogP contribution >= 0.6 is 0 Å². The van der Waals surface area contributed by atoms with Gasteiger partial charge in [-0.25, -0.2) is 4.98 Å². The highest BCUT2D eigenvalue weighted by Gasteiger charge is 2.52. The lowest BCUT2D eigenvalue weighted by Gasteiger charge is -2.36. The zero-order valence-electron chi connectivity index (χ0n) is 12.4. The van der Waals surface area contributed by atoms with Crippen molar-refractivity contribution in [2.75, 3.05) is 0 Å². The molecule has 1 aromatic carbocycles. The Morgan fingerprint density at radius 3 is 2.32 bits per heavy atom. The summed E-state index contributed by atoms with van der Waals surface area (Å²) in [5.41, 5.74) is 4.46. The highest BCUT2D eigenvalue weighted by molar-refractivity contribution is 5.51. The van der Waals surface area contributed by atoms with Crippen molar-refractivity contribution in [1.29, 1.82) is 0 Å². The van der Waals surface area contributed by atoms with Gasteiger partial charge in [0.2, 0.25) is 0 Å². The predicted molar refractivity (Wildman–Crippen MR) is 78.3 cm³/mol. The summed E-state index contributed by atoms with van der Waals surface area (Å²) in [6, 6.07) is 8.88. The molecule has 0 spiro atoms. The van der Waals surface area contributed by atoms with Gasteiger partial charge in [0.1, 0.15) is 0 Å². The average Bonchev–Trinajstić information content (AvgIpc) is 2.88. The third-order valence-electron chi connectivity index (χ3n) is 5.48. The molecule has 0 saturated heterocycles. The number of hydrogen-bond donors (Lipinski definition) is 0. The van der Waals surface area contributed by atoms with E-state index in [0.717, 1.165) is 0 Å². The minimum atomic E-state index is 0.0331. The van der Waals surface area contributed by atoms with E-state index in [4.69, 9.17) is 0 Å². The van der Waals surface area contributed by atoms with Crippen LogP contribution < -0.4 is 0 Å². The number of imidazole rings is 1. The molecule has 1 aromatic heterocycles. The van der Waals surface area contributed by atoms with Crippen LogP contribution in [0.4, 0.5) is 0 Å². The molecule has 1 aliphatic carbocycles. The molecular formula is C17H22N2. The molecule has 0 radical (unpaired) electrons. The Morgan fingerprint density at radius 2 is 1.74 bits per heavy atom. The zero-order valence-corrected chi connectivity index (χ0v) is 12.4. The SMILES string of the molecule is CC1C(C)(C)c2ccccc2C1(C)c1cncn1C. The fourth-order valence-electron chi connectivity index (χ4n) is 3.90. The molecule has 2 unspecified atom stereocenters. The summed E-state index contributed by atoms with van der Waals surface area (Å²) in [7, 11) is 2.09. The summed E-state index contributed by atoms with van der Waals surface area (Å²) < 4.78 is 2.16. The molecule has 19 heavy (non-hydrogen) atoms. The maximum atomic E-state index is 4.33. The van der Waals surface area contributed by atoms with Crippen LogP contribution in [0.15, 0.2) is 36.8 Å². The van der Waals surface area contributed by atoms with Gasteiger partial charge in [-0.3, -0.25) is 0 Å². The van der Waals surface area contributed by atoms with Crippen molar-refractivity contribution in [2.45, 2.75) is 38.5 Å². The van der Waals surface area contributed by atoms with E-state index in [1.807, 2.05) is 12.5 Å². The molecule has 0 amide bonds.